The summed E-state index contributed by atoms with van der Waals surface area (Å²) in [7, 11) is 0. The molecule has 0 radical (unpaired) electrons. The standard InChI is InChI=1S/C29H29ClN6O5/c1-2-41-29(37)34-25-17-23(32-26(20-9-5-3-6-10-20)21-11-7-4-8-12-21)27(36(39)40)28(33-25)31-18-24(35-38)19-13-15-22(30)16-14-19/h3-17,24,26,35,38H,2,18H2,1H3,(H3,31,32,33,34,37)/t24-/m0/s1. The highest BCUT2D eigenvalue weighted by Gasteiger charge is 2.27. The summed E-state index contributed by atoms with van der Waals surface area (Å²) >= 11 is 5.98. The minimum Gasteiger partial charge on any atom is -0.450 e. The van der Waals surface area contributed by atoms with E-state index in [4.69, 9.17) is 16.3 Å². The summed E-state index contributed by atoms with van der Waals surface area (Å²) in [6, 6.07) is 26.0. The minimum atomic E-state index is -0.760. The Morgan fingerprint density at radius 3 is 2.15 bits per heavy atom. The smallest absolute Gasteiger partial charge is 0.412 e. The van der Waals surface area contributed by atoms with Crippen molar-refractivity contribution in [3.63, 3.8) is 0 Å². The fourth-order valence-electron chi connectivity index (χ4n) is 4.23. The van der Waals surface area contributed by atoms with Crippen molar-refractivity contribution in [3.8, 4) is 0 Å². The lowest BCUT2D eigenvalue weighted by molar-refractivity contribution is -0.383. The number of pyridine rings is 1. The van der Waals surface area contributed by atoms with Gasteiger partial charge in [0.05, 0.1) is 23.6 Å². The molecule has 3 aromatic carbocycles. The predicted molar refractivity (Wildman–Crippen MR) is 157 cm³/mol. The highest BCUT2D eigenvalue weighted by molar-refractivity contribution is 6.30. The molecule has 0 spiro atoms. The minimum absolute atomic E-state index is 0.00900. The van der Waals surface area contributed by atoms with Gasteiger partial charge in [0.1, 0.15) is 11.5 Å². The molecule has 4 rings (SSSR count). The van der Waals surface area contributed by atoms with Crippen LogP contribution in [0.5, 0.6) is 0 Å². The van der Waals surface area contributed by atoms with Gasteiger partial charge in [-0.3, -0.25) is 15.4 Å². The van der Waals surface area contributed by atoms with E-state index in [1.807, 2.05) is 60.7 Å². The maximum Gasteiger partial charge on any atom is 0.412 e. The zero-order valence-corrected chi connectivity index (χ0v) is 22.8. The first-order chi connectivity index (χ1) is 19.9. The second-order valence-corrected chi connectivity index (χ2v) is 9.30. The topological polar surface area (TPSA) is 151 Å². The van der Waals surface area contributed by atoms with E-state index >= 15 is 0 Å². The van der Waals surface area contributed by atoms with Crippen LogP contribution < -0.4 is 21.4 Å². The summed E-state index contributed by atoms with van der Waals surface area (Å²) in [6.07, 6.45) is -0.760. The molecular formula is C29H29ClN6O5. The Morgan fingerprint density at radius 2 is 1.61 bits per heavy atom. The Balaban J connectivity index is 1.76. The number of nitrogens with zero attached hydrogens (tertiary/aromatic N) is 2. The molecule has 0 saturated carbocycles. The number of aromatic nitrogens is 1. The Bertz CT molecular complexity index is 1420. The number of carbonyl (C=O) groups excluding carboxylic acids is 1. The van der Waals surface area contributed by atoms with Gasteiger partial charge < -0.3 is 20.6 Å². The number of hydroxylamine groups is 1. The zero-order valence-electron chi connectivity index (χ0n) is 22.1. The molecule has 0 fully saturated rings. The van der Waals surface area contributed by atoms with Crippen LogP contribution in [0, 0.1) is 10.1 Å². The quantitative estimate of drug-likeness (QED) is 0.0934. The second-order valence-electron chi connectivity index (χ2n) is 8.87. The van der Waals surface area contributed by atoms with Gasteiger partial charge >= 0.3 is 11.8 Å². The van der Waals surface area contributed by atoms with Crippen molar-refractivity contribution >= 4 is 40.7 Å². The number of rotatable bonds is 12. The largest absolute Gasteiger partial charge is 0.450 e. The average Bonchev–Trinajstić information content (AvgIpc) is 2.97. The van der Waals surface area contributed by atoms with Crippen LogP contribution in [0.25, 0.3) is 0 Å². The Kier molecular flexibility index (Phi) is 10.1. The van der Waals surface area contributed by atoms with Gasteiger partial charge in [-0.05, 0) is 35.7 Å². The Labute approximate surface area is 241 Å². The number of carbonyl (C=O) groups is 1. The van der Waals surface area contributed by atoms with Crippen molar-refractivity contribution < 1.29 is 19.7 Å². The maximum atomic E-state index is 12.4. The van der Waals surface area contributed by atoms with Crippen molar-refractivity contribution in [1.82, 2.24) is 10.5 Å². The van der Waals surface area contributed by atoms with Crippen molar-refractivity contribution in [2.45, 2.75) is 19.0 Å². The normalized spacial score (nSPS) is 11.5. The first kappa shape index (κ1) is 29.3. The number of halogens is 1. The summed E-state index contributed by atoms with van der Waals surface area (Å²) in [4.78, 5) is 28.4. The van der Waals surface area contributed by atoms with E-state index in [2.05, 4.69) is 26.4 Å². The molecule has 11 nitrogen and oxygen atoms in total. The third-order valence-corrected chi connectivity index (χ3v) is 6.40. The number of ether oxygens (including phenoxy) is 1. The fourth-order valence-corrected chi connectivity index (χ4v) is 4.36. The molecule has 0 bridgehead atoms. The molecule has 1 atom stereocenters. The fraction of sp³-hybridized carbons (Fsp3) is 0.172. The molecule has 1 heterocycles. The molecular weight excluding hydrogens is 548 g/mol. The summed E-state index contributed by atoms with van der Waals surface area (Å²) in [5.74, 6) is -0.0974. The van der Waals surface area contributed by atoms with Crippen molar-refractivity contribution in [2.75, 3.05) is 29.1 Å². The Morgan fingerprint density at radius 1 is 1.00 bits per heavy atom. The Hall–Kier alpha value is -4.71. The average molecular weight is 577 g/mol. The van der Waals surface area contributed by atoms with Crippen molar-refractivity contribution in [1.29, 1.82) is 0 Å². The van der Waals surface area contributed by atoms with Gasteiger partial charge in [0.15, 0.2) is 0 Å². The predicted octanol–water partition coefficient (Wildman–Crippen LogP) is 6.55. The van der Waals surface area contributed by atoms with Gasteiger partial charge in [0.25, 0.3) is 0 Å². The number of nitro groups is 1. The molecule has 0 aliphatic heterocycles. The van der Waals surface area contributed by atoms with E-state index in [-0.39, 0.29) is 36.2 Å². The number of hydrogen-bond donors (Lipinski definition) is 5. The molecule has 212 valence electrons. The molecule has 41 heavy (non-hydrogen) atoms. The van der Waals surface area contributed by atoms with E-state index in [1.165, 1.54) is 6.07 Å². The summed E-state index contributed by atoms with van der Waals surface area (Å²) in [6.45, 7) is 1.80. The van der Waals surface area contributed by atoms with Crippen LogP contribution in [0.3, 0.4) is 0 Å². The van der Waals surface area contributed by atoms with Crippen LogP contribution in [-0.4, -0.2) is 34.4 Å². The molecule has 5 N–H and O–H groups in total. The molecule has 4 aromatic rings. The monoisotopic (exact) mass is 576 g/mol. The SMILES string of the molecule is CCOC(=O)Nc1cc(NC(c2ccccc2)c2ccccc2)c([N+](=O)[O-])c(NC[C@H](NO)c2ccc(Cl)cc2)n1. The van der Waals surface area contributed by atoms with E-state index in [9.17, 15) is 20.1 Å². The van der Waals surface area contributed by atoms with Gasteiger partial charge in [0.2, 0.25) is 5.82 Å². The van der Waals surface area contributed by atoms with Gasteiger partial charge in [0, 0.05) is 17.6 Å². The van der Waals surface area contributed by atoms with E-state index in [0.717, 1.165) is 11.1 Å². The van der Waals surface area contributed by atoms with Crippen LogP contribution in [0.1, 0.15) is 35.7 Å². The van der Waals surface area contributed by atoms with Crippen LogP contribution in [-0.2, 0) is 4.74 Å². The molecule has 12 heteroatoms. The van der Waals surface area contributed by atoms with E-state index in [0.29, 0.717) is 10.6 Å². The molecule has 0 unspecified atom stereocenters. The lowest BCUT2D eigenvalue weighted by Crippen LogP contribution is -2.26. The molecule has 0 aliphatic carbocycles. The molecule has 0 aliphatic rings. The van der Waals surface area contributed by atoms with E-state index < -0.39 is 23.1 Å². The highest BCUT2D eigenvalue weighted by atomic mass is 35.5. The van der Waals surface area contributed by atoms with Gasteiger partial charge in [-0.25, -0.2) is 9.78 Å². The summed E-state index contributed by atoms with van der Waals surface area (Å²) < 4.78 is 4.99. The lowest BCUT2D eigenvalue weighted by Gasteiger charge is -2.23. The summed E-state index contributed by atoms with van der Waals surface area (Å²) in [5.41, 5.74) is 4.38. The van der Waals surface area contributed by atoms with Gasteiger partial charge in [-0.1, -0.05) is 84.4 Å². The molecule has 1 amide bonds. The second kappa shape index (κ2) is 14.1. The number of amides is 1. The van der Waals surface area contributed by atoms with Crippen molar-refractivity contribution in [2.24, 2.45) is 0 Å². The molecule has 0 saturated heterocycles. The first-order valence-corrected chi connectivity index (χ1v) is 13.2. The maximum absolute atomic E-state index is 12.4. The van der Waals surface area contributed by atoms with Crippen LogP contribution in [0.4, 0.5) is 27.8 Å². The van der Waals surface area contributed by atoms with Crippen LogP contribution in [0.2, 0.25) is 5.02 Å². The number of hydrogen-bond acceptors (Lipinski definition) is 9. The third kappa shape index (κ3) is 7.70. The van der Waals surface area contributed by atoms with E-state index in [1.54, 1.807) is 31.2 Å². The van der Waals surface area contributed by atoms with Crippen LogP contribution in [0.15, 0.2) is 91.0 Å². The number of benzene rings is 3. The lowest BCUT2D eigenvalue weighted by atomic mass is 9.98. The first-order valence-electron chi connectivity index (χ1n) is 12.8. The number of nitrogens with one attached hydrogen (secondary N) is 4. The van der Waals surface area contributed by atoms with Gasteiger partial charge in [-0.15, -0.1) is 0 Å². The highest BCUT2D eigenvalue weighted by Crippen LogP contribution is 2.38. The van der Waals surface area contributed by atoms with Gasteiger partial charge in [-0.2, -0.15) is 5.48 Å². The van der Waals surface area contributed by atoms with Crippen molar-refractivity contribution in [3.05, 3.63) is 123 Å². The zero-order chi connectivity index (χ0) is 29.2. The molecule has 1 aromatic heterocycles. The van der Waals surface area contributed by atoms with Crippen LogP contribution >= 0.6 is 11.6 Å². The number of anilines is 3. The summed E-state index contributed by atoms with van der Waals surface area (Å²) in [5, 5.41) is 31.6. The third-order valence-electron chi connectivity index (χ3n) is 6.15.